The van der Waals surface area contributed by atoms with Crippen LogP contribution in [0.2, 0.25) is 0 Å². The van der Waals surface area contributed by atoms with Crippen molar-refractivity contribution < 1.29 is 14.4 Å². The summed E-state index contributed by atoms with van der Waals surface area (Å²) in [6, 6.07) is 13.5. The molecule has 3 amide bonds. The minimum atomic E-state index is -0.889. The summed E-state index contributed by atoms with van der Waals surface area (Å²) in [7, 11) is 0. The van der Waals surface area contributed by atoms with Gasteiger partial charge in [-0.15, -0.1) is 10.2 Å². The number of rotatable bonds is 11. The molecule has 0 unspecified atom stereocenters. The first-order chi connectivity index (χ1) is 22.4. The number of amides is 3. The molecule has 1 saturated carbocycles. The van der Waals surface area contributed by atoms with Crippen molar-refractivity contribution in [2.75, 3.05) is 26.2 Å². The van der Waals surface area contributed by atoms with Gasteiger partial charge in [0, 0.05) is 36.8 Å². The van der Waals surface area contributed by atoms with Crippen LogP contribution in [0.5, 0.6) is 0 Å². The summed E-state index contributed by atoms with van der Waals surface area (Å²) in [5.74, 6) is 0.509. The molecular weight excluding hydrogens is 582 g/mol. The minimum absolute atomic E-state index is 0.0665. The normalized spacial score (nSPS) is 18.9. The highest BCUT2D eigenvalue weighted by atomic mass is 16.2. The predicted octanol–water partition coefficient (Wildman–Crippen LogP) is 2.40. The Morgan fingerprint density at radius 3 is 2.15 bits per heavy atom. The lowest BCUT2D eigenvalue weighted by molar-refractivity contribution is -0.130. The number of aromatic nitrogens is 4. The third-order valence-corrected chi connectivity index (χ3v) is 9.67. The van der Waals surface area contributed by atoms with Crippen LogP contribution in [0.4, 0.5) is 0 Å². The molecule has 2 aromatic carbocycles. The van der Waals surface area contributed by atoms with Gasteiger partial charge in [-0.25, -0.2) is 0 Å². The lowest BCUT2D eigenvalue weighted by Crippen LogP contribution is -2.47. The van der Waals surface area contributed by atoms with Gasteiger partial charge in [-0.1, -0.05) is 17.3 Å². The first kappa shape index (κ1) is 31.4. The van der Waals surface area contributed by atoms with Crippen molar-refractivity contribution in [1.82, 2.24) is 41.5 Å². The van der Waals surface area contributed by atoms with Crippen LogP contribution in [-0.2, 0) is 23.1 Å². The van der Waals surface area contributed by atoms with Crippen molar-refractivity contribution >= 4 is 17.7 Å². The zero-order chi connectivity index (χ0) is 32.3. The van der Waals surface area contributed by atoms with Gasteiger partial charge < -0.3 is 20.9 Å². The number of aromatic amines is 1. The number of benzene rings is 2. The van der Waals surface area contributed by atoms with Crippen LogP contribution in [-0.4, -0.2) is 81.5 Å². The summed E-state index contributed by atoms with van der Waals surface area (Å²) < 4.78 is 0. The average molecular weight is 624 g/mol. The molecule has 0 spiro atoms. The third kappa shape index (κ3) is 5.99. The lowest BCUT2D eigenvalue weighted by Gasteiger charge is -2.37. The molecule has 3 aromatic rings. The van der Waals surface area contributed by atoms with Crippen molar-refractivity contribution in [1.29, 1.82) is 5.26 Å². The summed E-state index contributed by atoms with van der Waals surface area (Å²) in [6.45, 7) is 5.57. The number of nitrogens with zero attached hydrogens (tertiary/aromatic N) is 5. The zero-order valence-corrected chi connectivity index (χ0v) is 26.4. The average Bonchev–Trinajstić information content (AvgIpc) is 3.57. The molecule has 0 bridgehead atoms. The largest absolute Gasteiger partial charge is 0.352 e. The van der Waals surface area contributed by atoms with Gasteiger partial charge in [-0.3, -0.25) is 14.4 Å². The molecule has 1 saturated heterocycles. The maximum absolute atomic E-state index is 13.3. The quantitative estimate of drug-likeness (QED) is 0.252. The van der Waals surface area contributed by atoms with E-state index in [1.807, 2.05) is 50.2 Å². The van der Waals surface area contributed by atoms with Gasteiger partial charge in [-0.2, -0.15) is 10.5 Å². The molecule has 6 rings (SSSR count). The van der Waals surface area contributed by atoms with Crippen molar-refractivity contribution in [2.45, 2.75) is 76.3 Å². The molecule has 46 heavy (non-hydrogen) atoms. The van der Waals surface area contributed by atoms with Crippen LogP contribution in [0.3, 0.4) is 0 Å². The molecule has 1 aliphatic heterocycles. The molecule has 12 nitrogen and oxygen atoms in total. The Morgan fingerprint density at radius 1 is 1.00 bits per heavy atom. The fourth-order valence-electron chi connectivity index (χ4n) is 7.30. The molecule has 12 heteroatoms. The number of likely N-dealkylation sites (tertiary alicyclic amines) is 1. The number of carbonyl (C=O) groups excluding carboxylic acids is 3. The number of H-pyrrole nitrogens is 1. The van der Waals surface area contributed by atoms with Crippen molar-refractivity contribution in [3.05, 3.63) is 75.6 Å². The van der Waals surface area contributed by atoms with E-state index in [1.54, 1.807) is 4.90 Å². The van der Waals surface area contributed by atoms with Crippen molar-refractivity contribution in [3.63, 3.8) is 0 Å². The van der Waals surface area contributed by atoms with Crippen LogP contribution in [0, 0.1) is 17.2 Å². The van der Waals surface area contributed by atoms with Crippen LogP contribution in [0.1, 0.15) is 94.7 Å². The van der Waals surface area contributed by atoms with Crippen molar-refractivity contribution in [3.8, 4) is 6.07 Å². The summed E-state index contributed by atoms with van der Waals surface area (Å²) in [6.07, 6.45) is 5.44. The Hall–Kier alpha value is -4.63. The standard InChI is InChI=1S/C34H41N9O3/c1-3-36-31(45)24-11-13-27-22(16-24)9-10-23-17-25(32(46)37-4-2)12-14-28(23)34(27,33-39-41-42-40-33)18-29(21-7-8-21)38-20-30(44)43-15-5-6-26(43)19-35/h11-14,16-17,21,26,29,38H,3-10,15,18,20H2,1-2H3,(H,36,45)(H,37,46)(H,39,40,41,42)/t26-,29-/m0/s1. The third-order valence-electron chi connectivity index (χ3n) is 9.67. The van der Waals surface area contributed by atoms with Crippen LogP contribution >= 0.6 is 0 Å². The number of carbonyl (C=O) groups is 3. The summed E-state index contributed by atoms with van der Waals surface area (Å²) in [4.78, 5) is 40.9. The summed E-state index contributed by atoms with van der Waals surface area (Å²) in [5, 5.41) is 34.8. The van der Waals surface area contributed by atoms with E-state index in [2.05, 4.69) is 42.6 Å². The van der Waals surface area contributed by atoms with Crippen molar-refractivity contribution in [2.24, 2.45) is 5.92 Å². The molecule has 240 valence electrons. The molecule has 1 aromatic heterocycles. The number of hydrogen-bond donors (Lipinski definition) is 4. The van der Waals surface area contributed by atoms with E-state index in [0.29, 0.717) is 68.2 Å². The predicted molar refractivity (Wildman–Crippen MR) is 170 cm³/mol. The number of nitriles is 1. The highest BCUT2D eigenvalue weighted by molar-refractivity contribution is 5.95. The fraction of sp³-hybridized carbons (Fsp3) is 0.500. The number of nitrogens with one attached hydrogen (secondary N) is 4. The number of fused-ring (bicyclic) bond motifs is 2. The van der Waals surface area contributed by atoms with E-state index in [4.69, 9.17) is 0 Å². The molecule has 2 aliphatic carbocycles. The first-order valence-electron chi connectivity index (χ1n) is 16.4. The smallest absolute Gasteiger partial charge is 0.251 e. The second-order valence-electron chi connectivity index (χ2n) is 12.5. The maximum Gasteiger partial charge on any atom is 0.251 e. The lowest BCUT2D eigenvalue weighted by atomic mass is 9.67. The molecule has 0 radical (unpaired) electrons. The van der Waals surface area contributed by atoms with E-state index >= 15 is 0 Å². The van der Waals surface area contributed by atoms with Gasteiger partial charge in [0.05, 0.1) is 18.0 Å². The second-order valence-corrected chi connectivity index (χ2v) is 12.5. The molecule has 4 N–H and O–H groups in total. The van der Waals surface area contributed by atoms with Gasteiger partial charge in [0.15, 0.2) is 5.82 Å². The highest BCUT2D eigenvalue weighted by Gasteiger charge is 2.48. The fourth-order valence-corrected chi connectivity index (χ4v) is 7.30. The Kier molecular flexibility index (Phi) is 9.12. The van der Waals surface area contributed by atoms with Gasteiger partial charge in [0.1, 0.15) is 6.04 Å². The van der Waals surface area contributed by atoms with Gasteiger partial charge in [0.25, 0.3) is 11.8 Å². The summed E-state index contributed by atoms with van der Waals surface area (Å²) >= 11 is 0. The van der Waals surface area contributed by atoms with E-state index in [-0.39, 0.29) is 36.3 Å². The van der Waals surface area contributed by atoms with Crippen LogP contribution in [0.15, 0.2) is 36.4 Å². The van der Waals surface area contributed by atoms with Gasteiger partial charge in [0.2, 0.25) is 5.91 Å². The van der Waals surface area contributed by atoms with Gasteiger partial charge in [-0.05, 0) is 111 Å². The maximum atomic E-state index is 13.3. The van der Waals surface area contributed by atoms with E-state index in [1.165, 1.54) is 0 Å². The molecule has 2 atom stereocenters. The Bertz CT molecular complexity index is 1570. The Morgan fingerprint density at radius 2 is 1.63 bits per heavy atom. The SMILES string of the molecule is CCNC(=O)c1ccc2c(c1)CCc1cc(C(=O)NCC)ccc1C2(C[C@H](NCC(=O)N1CCC[C@H]1C#N)C1CC1)c1nn[nH]n1. The van der Waals surface area contributed by atoms with E-state index < -0.39 is 5.41 Å². The van der Waals surface area contributed by atoms with Crippen LogP contribution < -0.4 is 16.0 Å². The van der Waals surface area contributed by atoms with E-state index in [0.717, 1.165) is 41.5 Å². The van der Waals surface area contributed by atoms with Gasteiger partial charge >= 0.3 is 0 Å². The minimum Gasteiger partial charge on any atom is -0.352 e. The Labute approximate surface area is 268 Å². The van der Waals surface area contributed by atoms with Crippen LogP contribution in [0.25, 0.3) is 0 Å². The molecule has 2 heterocycles. The topological polar surface area (TPSA) is 169 Å². The Balaban J connectivity index is 1.46. The van der Waals surface area contributed by atoms with E-state index in [9.17, 15) is 19.6 Å². The highest BCUT2D eigenvalue weighted by Crippen LogP contribution is 2.49. The molecular formula is C34H41N9O3. The summed E-state index contributed by atoms with van der Waals surface area (Å²) in [5.41, 5.74) is 4.24. The molecule has 3 aliphatic rings. The monoisotopic (exact) mass is 623 g/mol. The first-order valence-corrected chi connectivity index (χ1v) is 16.4. The number of hydrogen-bond acceptors (Lipinski definition) is 8. The zero-order valence-electron chi connectivity index (χ0n) is 26.4. The number of tetrazole rings is 1. The second kappa shape index (κ2) is 13.4. The molecule has 2 fully saturated rings. The number of aryl methyl sites for hydroxylation is 2.